The topological polar surface area (TPSA) is 67.9 Å². The molecule has 0 spiro atoms. The van der Waals surface area contributed by atoms with Gasteiger partial charge in [-0.15, -0.1) is 0 Å². The Morgan fingerprint density at radius 3 is 2.64 bits per heavy atom. The lowest BCUT2D eigenvalue weighted by atomic mass is 9.86. The Balaban J connectivity index is 1.53. The number of hydrogen-bond acceptors (Lipinski definition) is 4. The van der Waals surface area contributed by atoms with E-state index in [9.17, 15) is 9.59 Å². The molecule has 1 unspecified atom stereocenters. The Morgan fingerprint density at radius 1 is 1.20 bits per heavy atom. The summed E-state index contributed by atoms with van der Waals surface area (Å²) in [6, 6.07) is 5.86. The second-order valence-corrected chi connectivity index (χ2v) is 7.61. The number of β-lactam (4-membered cyclic amide) rings is 1. The number of likely N-dealkylation sites (tertiary alicyclic amines) is 1. The second-order valence-electron chi connectivity index (χ2n) is 7.61. The molecule has 4 rings (SSSR count). The lowest BCUT2D eigenvalue weighted by Crippen LogP contribution is -2.64. The first-order valence-electron chi connectivity index (χ1n) is 8.99. The van der Waals surface area contributed by atoms with Crippen molar-refractivity contribution in [1.29, 1.82) is 0 Å². The zero-order chi connectivity index (χ0) is 17.6. The van der Waals surface area contributed by atoms with Crippen LogP contribution >= 0.6 is 0 Å². The molecule has 2 heterocycles. The third kappa shape index (κ3) is 2.73. The van der Waals surface area contributed by atoms with Gasteiger partial charge in [-0.2, -0.15) is 0 Å². The van der Waals surface area contributed by atoms with Crippen LogP contribution in [-0.2, 0) is 9.59 Å². The standard InChI is InChI=1S/C19H24N2O4/c1-19(2,18(23)20-13-5-3-4-6-13)21-14(10-17(21)22)12-7-8-15-16(9-12)25-11-24-15/h7-9,13-14H,3-6,10-11H2,1-2H3,(H,20,23). The molecule has 1 atom stereocenters. The summed E-state index contributed by atoms with van der Waals surface area (Å²) in [7, 11) is 0. The fourth-order valence-corrected chi connectivity index (χ4v) is 4.05. The quantitative estimate of drug-likeness (QED) is 0.852. The third-order valence-corrected chi connectivity index (χ3v) is 5.58. The molecule has 1 aliphatic carbocycles. The fraction of sp³-hybridized carbons (Fsp3) is 0.579. The predicted octanol–water partition coefficient (Wildman–Crippen LogP) is 2.53. The van der Waals surface area contributed by atoms with E-state index in [0.717, 1.165) is 37.0 Å². The van der Waals surface area contributed by atoms with Gasteiger partial charge in [0.2, 0.25) is 18.6 Å². The highest BCUT2D eigenvalue weighted by molar-refractivity contribution is 5.94. The number of carbonyl (C=O) groups is 2. The number of nitrogens with one attached hydrogen (secondary N) is 1. The summed E-state index contributed by atoms with van der Waals surface area (Å²) in [6.07, 6.45) is 4.80. The van der Waals surface area contributed by atoms with E-state index in [0.29, 0.717) is 12.2 Å². The molecule has 0 aromatic heterocycles. The first kappa shape index (κ1) is 16.2. The van der Waals surface area contributed by atoms with Gasteiger partial charge in [0.1, 0.15) is 5.54 Å². The van der Waals surface area contributed by atoms with E-state index in [1.54, 1.807) is 4.90 Å². The lowest BCUT2D eigenvalue weighted by molar-refractivity contribution is -0.162. The molecule has 1 aromatic carbocycles. The van der Waals surface area contributed by atoms with E-state index in [-0.39, 0.29) is 30.7 Å². The highest BCUT2D eigenvalue weighted by Crippen LogP contribution is 2.43. The van der Waals surface area contributed by atoms with Gasteiger partial charge in [0.05, 0.1) is 12.5 Å². The SMILES string of the molecule is CC(C)(C(=O)NC1CCCC1)N1C(=O)CC1c1ccc2c(c1)OCO2. The van der Waals surface area contributed by atoms with Gasteiger partial charge >= 0.3 is 0 Å². The molecule has 1 saturated carbocycles. The number of carbonyl (C=O) groups excluding carboxylic acids is 2. The summed E-state index contributed by atoms with van der Waals surface area (Å²) in [5, 5.41) is 3.12. The fourth-order valence-electron chi connectivity index (χ4n) is 4.05. The van der Waals surface area contributed by atoms with Crippen molar-refractivity contribution in [3.63, 3.8) is 0 Å². The number of rotatable bonds is 4. The van der Waals surface area contributed by atoms with Crippen molar-refractivity contribution >= 4 is 11.8 Å². The van der Waals surface area contributed by atoms with E-state index in [4.69, 9.17) is 9.47 Å². The van der Waals surface area contributed by atoms with Gasteiger partial charge < -0.3 is 19.7 Å². The summed E-state index contributed by atoms with van der Waals surface area (Å²) in [5.41, 5.74) is 0.101. The van der Waals surface area contributed by atoms with Crippen molar-refractivity contribution in [2.24, 2.45) is 0 Å². The van der Waals surface area contributed by atoms with E-state index in [2.05, 4.69) is 5.32 Å². The van der Waals surface area contributed by atoms with Crippen molar-refractivity contribution in [3.05, 3.63) is 23.8 Å². The molecule has 6 nitrogen and oxygen atoms in total. The normalized spacial score (nSPS) is 22.9. The molecule has 1 N–H and O–H groups in total. The molecule has 2 fully saturated rings. The van der Waals surface area contributed by atoms with E-state index in [1.807, 2.05) is 32.0 Å². The second kappa shape index (κ2) is 5.93. The number of amides is 2. The van der Waals surface area contributed by atoms with Gasteiger partial charge in [-0.05, 0) is 44.4 Å². The Hall–Kier alpha value is -2.24. The van der Waals surface area contributed by atoms with Crippen LogP contribution in [0.25, 0.3) is 0 Å². The highest BCUT2D eigenvalue weighted by Gasteiger charge is 2.49. The zero-order valence-electron chi connectivity index (χ0n) is 14.7. The molecule has 1 saturated heterocycles. The predicted molar refractivity (Wildman–Crippen MR) is 91.2 cm³/mol. The number of ether oxygens (including phenoxy) is 2. The molecule has 1 aromatic rings. The van der Waals surface area contributed by atoms with Crippen LogP contribution in [0.4, 0.5) is 0 Å². The van der Waals surface area contributed by atoms with Gasteiger partial charge in [-0.3, -0.25) is 9.59 Å². The van der Waals surface area contributed by atoms with Crippen molar-refractivity contribution < 1.29 is 19.1 Å². The van der Waals surface area contributed by atoms with Crippen LogP contribution in [0.1, 0.15) is 57.6 Å². The highest BCUT2D eigenvalue weighted by atomic mass is 16.7. The Labute approximate surface area is 147 Å². The average molecular weight is 344 g/mol. The third-order valence-electron chi connectivity index (χ3n) is 5.58. The van der Waals surface area contributed by atoms with Gasteiger partial charge in [0, 0.05) is 6.04 Å². The number of hydrogen-bond donors (Lipinski definition) is 1. The minimum Gasteiger partial charge on any atom is -0.454 e. The average Bonchev–Trinajstić information content (AvgIpc) is 3.22. The number of benzene rings is 1. The first-order valence-corrected chi connectivity index (χ1v) is 8.99. The Bertz CT molecular complexity index is 709. The van der Waals surface area contributed by atoms with Gasteiger partial charge in [0.15, 0.2) is 11.5 Å². The summed E-state index contributed by atoms with van der Waals surface area (Å²) < 4.78 is 10.8. The van der Waals surface area contributed by atoms with Crippen LogP contribution in [0.15, 0.2) is 18.2 Å². The van der Waals surface area contributed by atoms with Crippen molar-refractivity contribution in [2.75, 3.05) is 6.79 Å². The Kier molecular flexibility index (Phi) is 3.85. The number of fused-ring (bicyclic) bond motifs is 1. The minimum absolute atomic E-state index is 0.00855. The summed E-state index contributed by atoms with van der Waals surface area (Å²) in [5.74, 6) is 1.36. The van der Waals surface area contributed by atoms with Gasteiger partial charge in [-0.1, -0.05) is 18.9 Å². The molecular weight excluding hydrogens is 320 g/mol. The number of nitrogens with zero attached hydrogens (tertiary/aromatic N) is 1. The molecule has 2 aliphatic heterocycles. The van der Waals surface area contributed by atoms with Crippen molar-refractivity contribution in [1.82, 2.24) is 10.2 Å². The molecule has 134 valence electrons. The molecule has 0 bridgehead atoms. The summed E-state index contributed by atoms with van der Waals surface area (Å²) >= 11 is 0. The zero-order valence-corrected chi connectivity index (χ0v) is 14.7. The molecule has 2 amide bonds. The van der Waals surface area contributed by atoms with Crippen molar-refractivity contribution in [2.45, 2.75) is 63.6 Å². The smallest absolute Gasteiger partial charge is 0.245 e. The lowest BCUT2D eigenvalue weighted by Gasteiger charge is -2.49. The van der Waals surface area contributed by atoms with Crippen LogP contribution in [0, 0.1) is 0 Å². The van der Waals surface area contributed by atoms with E-state index < -0.39 is 5.54 Å². The van der Waals surface area contributed by atoms with Crippen LogP contribution in [0.2, 0.25) is 0 Å². The van der Waals surface area contributed by atoms with Gasteiger partial charge in [-0.25, -0.2) is 0 Å². The molecule has 0 radical (unpaired) electrons. The van der Waals surface area contributed by atoms with Crippen LogP contribution in [0.3, 0.4) is 0 Å². The van der Waals surface area contributed by atoms with Crippen LogP contribution in [-0.4, -0.2) is 35.1 Å². The Morgan fingerprint density at radius 2 is 1.92 bits per heavy atom. The molecular formula is C19H24N2O4. The summed E-state index contributed by atoms with van der Waals surface area (Å²) in [4.78, 5) is 26.8. The van der Waals surface area contributed by atoms with Crippen molar-refractivity contribution in [3.8, 4) is 11.5 Å². The van der Waals surface area contributed by atoms with Crippen LogP contribution < -0.4 is 14.8 Å². The monoisotopic (exact) mass is 344 g/mol. The minimum atomic E-state index is -0.876. The van der Waals surface area contributed by atoms with E-state index in [1.165, 1.54) is 0 Å². The largest absolute Gasteiger partial charge is 0.454 e. The maximum absolute atomic E-state index is 12.8. The maximum Gasteiger partial charge on any atom is 0.245 e. The molecule has 6 heteroatoms. The maximum atomic E-state index is 12.8. The summed E-state index contributed by atoms with van der Waals surface area (Å²) in [6.45, 7) is 3.88. The molecule has 3 aliphatic rings. The molecule has 25 heavy (non-hydrogen) atoms. The van der Waals surface area contributed by atoms with Crippen LogP contribution in [0.5, 0.6) is 11.5 Å². The van der Waals surface area contributed by atoms with E-state index >= 15 is 0 Å². The first-order chi connectivity index (χ1) is 12.0. The van der Waals surface area contributed by atoms with Gasteiger partial charge in [0.25, 0.3) is 0 Å².